The molecule has 0 saturated carbocycles. The van der Waals surface area contributed by atoms with Crippen molar-refractivity contribution in [1.29, 1.82) is 0 Å². The Morgan fingerprint density at radius 3 is 2.74 bits per heavy atom. The second-order valence-corrected chi connectivity index (χ2v) is 7.01. The summed E-state index contributed by atoms with van der Waals surface area (Å²) in [5.74, 6) is 0.588. The summed E-state index contributed by atoms with van der Waals surface area (Å²) in [7, 11) is 0. The van der Waals surface area contributed by atoms with Crippen LogP contribution in [0.3, 0.4) is 0 Å². The maximum Gasteiger partial charge on any atom is 0.180 e. The third-order valence-electron chi connectivity index (χ3n) is 5.29. The number of aryl methyl sites for hydroxylation is 2. The molecule has 0 aliphatic heterocycles. The van der Waals surface area contributed by atoms with Crippen molar-refractivity contribution in [3.8, 4) is 0 Å². The molecule has 0 fully saturated rings. The molecule has 1 aliphatic carbocycles. The van der Waals surface area contributed by atoms with E-state index in [0.717, 1.165) is 47.4 Å². The van der Waals surface area contributed by atoms with Crippen LogP contribution in [-0.2, 0) is 0 Å². The number of nitrogens with one attached hydrogen (secondary N) is 1. The first-order valence-corrected chi connectivity index (χ1v) is 9.31. The van der Waals surface area contributed by atoms with Gasteiger partial charge in [-0.3, -0.25) is 4.40 Å². The molecule has 2 heterocycles. The zero-order valence-electron chi connectivity index (χ0n) is 15.9. The molecule has 138 valence electrons. The molecule has 0 unspecified atom stereocenters. The minimum absolute atomic E-state index is 0.101. The summed E-state index contributed by atoms with van der Waals surface area (Å²) < 4.78 is 16.3. The Balaban J connectivity index is 1.72. The summed E-state index contributed by atoms with van der Waals surface area (Å²) in [4.78, 5) is 9.01. The van der Waals surface area contributed by atoms with E-state index in [1.807, 2.05) is 23.6 Å². The number of fused-ring (bicyclic) bond motifs is 1. The predicted octanol–water partition coefficient (Wildman–Crippen LogP) is 5.90. The Bertz CT molecular complexity index is 1080. The standard InChI is InChI=1S/C22H23FN4/c1-4-16-6-7-17(12-19(16)23)20-13-25-22-21(24-9-10-27(20)22)26-18-8-5-14(2)15(3)11-18/h5,8-13H,4,6-7H2,1-3H3,(H,24,26). The van der Waals surface area contributed by atoms with Crippen LogP contribution in [0.4, 0.5) is 15.9 Å². The summed E-state index contributed by atoms with van der Waals surface area (Å²) in [6, 6.07) is 6.22. The number of benzene rings is 1. The minimum Gasteiger partial charge on any atom is -0.337 e. The first-order valence-electron chi connectivity index (χ1n) is 9.31. The van der Waals surface area contributed by atoms with Gasteiger partial charge in [0.15, 0.2) is 11.5 Å². The average molecular weight is 362 g/mol. The topological polar surface area (TPSA) is 42.2 Å². The van der Waals surface area contributed by atoms with Crippen LogP contribution in [0.5, 0.6) is 0 Å². The first-order chi connectivity index (χ1) is 13.1. The molecule has 0 bridgehead atoms. The van der Waals surface area contributed by atoms with Gasteiger partial charge in [0.25, 0.3) is 0 Å². The molecule has 0 saturated heterocycles. The number of imidazole rings is 1. The lowest BCUT2D eigenvalue weighted by Gasteiger charge is -2.15. The minimum atomic E-state index is -0.101. The third-order valence-corrected chi connectivity index (χ3v) is 5.29. The van der Waals surface area contributed by atoms with Crippen LogP contribution in [0.2, 0.25) is 0 Å². The molecule has 27 heavy (non-hydrogen) atoms. The van der Waals surface area contributed by atoms with Crippen molar-refractivity contribution in [3.63, 3.8) is 0 Å². The van der Waals surface area contributed by atoms with E-state index < -0.39 is 0 Å². The van der Waals surface area contributed by atoms with Gasteiger partial charge in [0, 0.05) is 18.1 Å². The van der Waals surface area contributed by atoms with Gasteiger partial charge in [-0.1, -0.05) is 13.0 Å². The van der Waals surface area contributed by atoms with Gasteiger partial charge in [-0.05, 0) is 73.6 Å². The molecule has 0 spiro atoms. The van der Waals surface area contributed by atoms with Gasteiger partial charge < -0.3 is 5.32 Å². The maximum absolute atomic E-state index is 14.3. The number of hydrogen-bond donors (Lipinski definition) is 1. The van der Waals surface area contributed by atoms with Crippen molar-refractivity contribution in [2.45, 2.75) is 40.0 Å². The Kier molecular flexibility index (Phi) is 4.52. The van der Waals surface area contributed by atoms with Crippen molar-refractivity contribution < 1.29 is 4.39 Å². The molecule has 2 aromatic heterocycles. The molecule has 4 nitrogen and oxygen atoms in total. The molecule has 1 aromatic carbocycles. The van der Waals surface area contributed by atoms with Crippen LogP contribution < -0.4 is 5.32 Å². The van der Waals surface area contributed by atoms with Gasteiger partial charge in [-0.15, -0.1) is 0 Å². The van der Waals surface area contributed by atoms with Crippen molar-refractivity contribution >= 4 is 22.7 Å². The predicted molar refractivity (Wildman–Crippen MR) is 108 cm³/mol. The molecular formula is C22H23FN4. The quantitative estimate of drug-likeness (QED) is 0.628. The first kappa shape index (κ1) is 17.5. The van der Waals surface area contributed by atoms with E-state index in [9.17, 15) is 4.39 Å². The number of aromatic nitrogens is 3. The van der Waals surface area contributed by atoms with Gasteiger partial charge >= 0.3 is 0 Å². The molecule has 0 radical (unpaired) electrons. The molecule has 3 aromatic rings. The highest BCUT2D eigenvalue weighted by atomic mass is 19.1. The van der Waals surface area contributed by atoms with Gasteiger partial charge in [-0.25, -0.2) is 14.4 Å². The van der Waals surface area contributed by atoms with E-state index in [4.69, 9.17) is 0 Å². The van der Waals surface area contributed by atoms with E-state index >= 15 is 0 Å². The normalized spacial score (nSPS) is 14.6. The smallest absolute Gasteiger partial charge is 0.180 e. The number of hydrogen-bond acceptors (Lipinski definition) is 3. The van der Waals surface area contributed by atoms with E-state index in [2.05, 4.69) is 41.3 Å². The Morgan fingerprint density at radius 1 is 1.15 bits per heavy atom. The highest BCUT2D eigenvalue weighted by molar-refractivity contribution is 5.75. The van der Waals surface area contributed by atoms with Gasteiger partial charge in [0.1, 0.15) is 5.83 Å². The van der Waals surface area contributed by atoms with Crippen LogP contribution in [0.15, 0.2) is 54.3 Å². The average Bonchev–Trinajstić information content (AvgIpc) is 3.10. The van der Waals surface area contributed by atoms with Crippen LogP contribution in [-0.4, -0.2) is 14.4 Å². The molecule has 1 N–H and O–H groups in total. The lowest BCUT2D eigenvalue weighted by Crippen LogP contribution is -2.02. The summed E-state index contributed by atoms with van der Waals surface area (Å²) in [5, 5.41) is 3.36. The zero-order valence-corrected chi connectivity index (χ0v) is 15.9. The number of allylic oxidation sites excluding steroid dienone is 4. The second-order valence-electron chi connectivity index (χ2n) is 7.01. The van der Waals surface area contributed by atoms with Crippen LogP contribution in [0, 0.1) is 13.8 Å². The fourth-order valence-corrected chi connectivity index (χ4v) is 3.48. The molecule has 5 heteroatoms. The monoisotopic (exact) mass is 362 g/mol. The van der Waals surface area contributed by atoms with E-state index in [1.165, 1.54) is 11.1 Å². The molecular weight excluding hydrogens is 339 g/mol. The summed E-state index contributed by atoms with van der Waals surface area (Å²) in [6.07, 6.45) is 9.43. The Morgan fingerprint density at radius 2 is 2.00 bits per heavy atom. The Labute approximate surface area is 158 Å². The number of anilines is 2. The van der Waals surface area contributed by atoms with Gasteiger partial charge in [0.05, 0.1) is 11.9 Å². The van der Waals surface area contributed by atoms with Crippen molar-refractivity contribution in [2.24, 2.45) is 0 Å². The third kappa shape index (κ3) is 3.25. The van der Waals surface area contributed by atoms with E-state index in [0.29, 0.717) is 5.82 Å². The van der Waals surface area contributed by atoms with Crippen molar-refractivity contribution in [1.82, 2.24) is 14.4 Å². The second kappa shape index (κ2) is 6.99. The molecule has 0 amide bonds. The van der Waals surface area contributed by atoms with Crippen LogP contribution in [0.25, 0.3) is 11.2 Å². The fourth-order valence-electron chi connectivity index (χ4n) is 3.48. The number of nitrogens with zero attached hydrogens (tertiary/aromatic N) is 3. The molecule has 0 atom stereocenters. The number of halogens is 1. The van der Waals surface area contributed by atoms with Crippen LogP contribution in [0.1, 0.15) is 43.0 Å². The zero-order chi connectivity index (χ0) is 19.0. The van der Waals surface area contributed by atoms with Gasteiger partial charge in [-0.2, -0.15) is 0 Å². The molecule has 1 aliphatic rings. The van der Waals surface area contributed by atoms with E-state index in [1.54, 1.807) is 18.5 Å². The highest BCUT2D eigenvalue weighted by Gasteiger charge is 2.17. The van der Waals surface area contributed by atoms with Crippen LogP contribution >= 0.6 is 0 Å². The number of rotatable bonds is 4. The summed E-state index contributed by atoms with van der Waals surface area (Å²) in [5.41, 5.74) is 6.96. The molecule has 4 rings (SSSR count). The van der Waals surface area contributed by atoms with Gasteiger partial charge in [0.2, 0.25) is 0 Å². The fraction of sp³-hybridized carbons (Fsp3) is 0.273. The lowest BCUT2D eigenvalue weighted by molar-refractivity contribution is 0.629. The Hall–Kier alpha value is -2.95. The maximum atomic E-state index is 14.3. The van der Waals surface area contributed by atoms with Crippen molar-refractivity contribution in [3.05, 3.63) is 71.1 Å². The van der Waals surface area contributed by atoms with Crippen molar-refractivity contribution in [2.75, 3.05) is 5.32 Å². The highest BCUT2D eigenvalue weighted by Crippen LogP contribution is 2.33. The lowest BCUT2D eigenvalue weighted by atomic mass is 9.94. The summed E-state index contributed by atoms with van der Waals surface area (Å²) >= 11 is 0. The van der Waals surface area contributed by atoms with E-state index in [-0.39, 0.29) is 5.83 Å². The SMILES string of the molecule is CCC1=C(F)C=C(c2cnc3c(Nc4ccc(C)c(C)c4)nccn23)CC1. The largest absolute Gasteiger partial charge is 0.337 e. The summed E-state index contributed by atoms with van der Waals surface area (Å²) in [6.45, 7) is 6.18.